The second-order valence-corrected chi connectivity index (χ2v) is 4.18. The van der Waals surface area contributed by atoms with Gasteiger partial charge in [-0.2, -0.15) is 0 Å². The largest absolute Gasteiger partial charge is 0.392 e. The van der Waals surface area contributed by atoms with Crippen LogP contribution in [0.2, 0.25) is 0 Å². The normalized spacial score (nSPS) is 43.5. The molecule has 3 atom stereocenters. The van der Waals surface area contributed by atoms with E-state index in [4.69, 9.17) is 5.11 Å². The average Bonchev–Trinajstić information content (AvgIpc) is 2.66. The molecular weight excluding hydrogens is 166 g/mol. The van der Waals surface area contributed by atoms with E-state index in [1.54, 1.807) is 0 Å². The smallest absolute Gasteiger partial charge is 0.140 e. The minimum absolute atomic E-state index is 0.113. The van der Waals surface area contributed by atoms with Gasteiger partial charge in [-0.3, -0.25) is 0 Å². The first-order valence-corrected chi connectivity index (χ1v) is 5.07. The van der Waals surface area contributed by atoms with Crippen LogP contribution in [0.1, 0.15) is 13.3 Å². The lowest BCUT2D eigenvalue weighted by molar-refractivity contribution is -0.923. The molecule has 2 N–H and O–H groups in total. The summed E-state index contributed by atoms with van der Waals surface area (Å²) in [7, 11) is 0. The highest BCUT2D eigenvalue weighted by atomic mass is 16.3. The van der Waals surface area contributed by atoms with E-state index in [0.717, 1.165) is 36.1 Å². The molecule has 1 unspecified atom stereocenters. The van der Waals surface area contributed by atoms with Crippen molar-refractivity contribution >= 4 is 0 Å². The van der Waals surface area contributed by atoms with Crippen molar-refractivity contribution in [2.24, 2.45) is 0 Å². The van der Waals surface area contributed by atoms with Gasteiger partial charge in [0.1, 0.15) is 12.1 Å². The maximum atomic E-state index is 9.83. The Hall–Kier alpha value is -0.380. The molecule has 0 aromatic carbocycles. The highest BCUT2D eigenvalue weighted by Crippen LogP contribution is 2.36. The summed E-state index contributed by atoms with van der Waals surface area (Å²) < 4.78 is 0.969. The van der Waals surface area contributed by atoms with Crippen molar-refractivity contribution in [3.05, 3.63) is 11.6 Å². The number of aliphatic hydroxyl groups is 2. The summed E-state index contributed by atoms with van der Waals surface area (Å²) in [6.07, 6.45) is 2.76. The van der Waals surface area contributed by atoms with Gasteiger partial charge in [0.15, 0.2) is 0 Å². The van der Waals surface area contributed by atoms with E-state index in [-0.39, 0.29) is 18.8 Å². The molecule has 3 nitrogen and oxygen atoms in total. The van der Waals surface area contributed by atoms with Crippen LogP contribution in [0.25, 0.3) is 0 Å². The third-order valence-corrected chi connectivity index (χ3v) is 3.73. The standard InChI is InChI=1S/C10H18NO2/c1-2-11-5-3-8(7-12)10(11)9(13)4-6-11/h3,9-10,12-13H,2,4-7H2,1H3/q+1/t9-,10-,11?/m0/s1. The first-order valence-electron chi connectivity index (χ1n) is 5.07. The third kappa shape index (κ3) is 1.15. The van der Waals surface area contributed by atoms with Crippen LogP contribution in [0.15, 0.2) is 11.6 Å². The molecule has 0 aliphatic carbocycles. The lowest BCUT2D eigenvalue weighted by Crippen LogP contribution is -2.51. The van der Waals surface area contributed by atoms with E-state index < -0.39 is 0 Å². The summed E-state index contributed by atoms with van der Waals surface area (Å²) in [6, 6.07) is 0.190. The summed E-state index contributed by atoms with van der Waals surface area (Å²) >= 11 is 0. The highest BCUT2D eigenvalue weighted by Gasteiger charge is 2.50. The van der Waals surface area contributed by atoms with Crippen LogP contribution in [-0.4, -0.2) is 53.1 Å². The number of rotatable bonds is 2. The minimum Gasteiger partial charge on any atom is -0.392 e. The predicted molar refractivity (Wildman–Crippen MR) is 50.1 cm³/mol. The van der Waals surface area contributed by atoms with Crippen LogP contribution >= 0.6 is 0 Å². The summed E-state index contributed by atoms with van der Waals surface area (Å²) in [6.45, 7) is 5.39. The van der Waals surface area contributed by atoms with Crippen molar-refractivity contribution in [3.63, 3.8) is 0 Å². The van der Waals surface area contributed by atoms with E-state index in [0.29, 0.717) is 0 Å². The lowest BCUT2D eigenvalue weighted by Gasteiger charge is -2.35. The van der Waals surface area contributed by atoms with Gasteiger partial charge >= 0.3 is 0 Å². The molecule has 74 valence electrons. The summed E-state index contributed by atoms with van der Waals surface area (Å²) in [5, 5.41) is 19.0. The number of fused-ring (bicyclic) bond motifs is 1. The van der Waals surface area contributed by atoms with Crippen LogP contribution in [0.3, 0.4) is 0 Å². The van der Waals surface area contributed by atoms with Crippen LogP contribution in [0, 0.1) is 0 Å². The minimum atomic E-state index is -0.235. The van der Waals surface area contributed by atoms with Crippen molar-refractivity contribution < 1.29 is 14.7 Å². The van der Waals surface area contributed by atoms with E-state index in [9.17, 15) is 5.11 Å². The number of likely N-dealkylation sites (N-methyl/N-ethyl adjacent to an activating group) is 1. The monoisotopic (exact) mass is 184 g/mol. The molecule has 1 saturated heterocycles. The van der Waals surface area contributed by atoms with Gasteiger partial charge in [0, 0.05) is 12.0 Å². The number of aliphatic hydroxyl groups excluding tert-OH is 2. The maximum Gasteiger partial charge on any atom is 0.140 e. The molecule has 0 aromatic rings. The van der Waals surface area contributed by atoms with Gasteiger partial charge in [0.2, 0.25) is 0 Å². The van der Waals surface area contributed by atoms with E-state index in [2.05, 4.69) is 13.0 Å². The molecule has 13 heavy (non-hydrogen) atoms. The van der Waals surface area contributed by atoms with Crippen molar-refractivity contribution in [2.45, 2.75) is 25.5 Å². The Bertz CT molecular complexity index is 239. The topological polar surface area (TPSA) is 40.5 Å². The molecule has 0 aromatic heterocycles. The Morgan fingerprint density at radius 2 is 2.38 bits per heavy atom. The summed E-state index contributed by atoms with van der Waals surface area (Å²) in [4.78, 5) is 0. The quantitative estimate of drug-likeness (QED) is 0.464. The Balaban J connectivity index is 2.26. The zero-order valence-corrected chi connectivity index (χ0v) is 8.11. The molecule has 0 radical (unpaired) electrons. The van der Waals surface area contributed by atoms with E-state index >= 15 is 0 Å². The fraction of sp³-hybridized carbons (Fsp3) is 0.800. The summed E-state index contributed by atoms with van der Waals surface area (Å²) in [5.41, 5.74) is 1.05. The molecule has 2 heterocycles. The Morgan fingerprint density at radius 3 is 3.00 bits per heavy atom. The van der Waals surface area contributed by atoms with Gasteiger partial charge in [-0.05, 0) is 13.0 Å². The fourth-order valence-electron chi connectivity index (χ4n) is 2.92. The maximum absolute atomic E-state index is 9.83. The molecule has 0 bridgehead atoms. The van der Waals surface area contributed by atoms with Crippen LogP contribution < -0.4 is 0 Å². The van der Waals surface area contributed by atoms with Crippen molar-refractivity contribution in [2.75, 3.05) is 26.2 Å². The van der Waals surface area contributed by atoms with Crippen LogP contribution in [0.4, 0.5) is 0 Å². The van der Waals surface area contributed by atoms with Crippen LogP contribution in [0.5, 0.6) is 0 Å². The van der Waals surface area contributed by atoms with Gasteiger partial charge < -0.3 is 14.7 Å². The zero-order chi connectivity index (χ0) is 9.47. The first kappa shape index (κ1) is 9.19. The lowest BCUT2D eigenvalue weighted by atomic mass is 10.0. The SMILES string of the molecule is CC[N+]12CC=C(CO)[C@H]1[C@@H](O)CC2. The first-order chi connectivity index (χ1) is 6.23. The number of nitrogens with zero attached hydrogens (tertiary/aromatic N) is 1. The number of quaternary nitrogens is 1. The molecule has 1 fully saturated rings. The predicted octanol–water partition coefficient (Wildman–Crippen LogP) is -0.111. The van der Waals surface area contributed by atoms with Gasteiger partial charge in [-0.25, -0.2) is 0 Å². The van der Waals surface area contributed by atoms with Gasteiger partial charge in [0.05, 0.1) is 26.2 Å². The second kappa shape index (κ2) is 3.08. The molecule has 0 amide bonds. The zero-order valence-electron chi connectivity index (χ0n) is 8.11. The summed E-state index contributed by atoms with van der Waals surface area (Å²) in [5.74, 6) is 0. The number of hydrogen-bond donors (Lipinski definition) is 2. The van der Waals surface area contributed by atoms with Gasteiger partial charge in [-0.15, -0.1) is 0 Å². The molecule has 0 saturated carbocycles. The molecule has 2 aliphatic rings. The highest BCUT2D eigenvalue weighted by molar-refractivity contribution is 5.17. The molecular formula is C10H18NO2+. The van der Waals surface area contributed by atoms with Crippen molar-refractivity contribution in [1.29, 1.82) is 0 Å². The third-order valence-electron chi connectivity index (χ3n) is 3.73. The Kier molecular flexibility index (Phi) is 2.18. The second-order valence-electron chi connectivity index (χ2n) is 4.18. The van der Waals surface area contributed by atoms with Gasteiger partial charge in [-0.1, -0.05) is 0 Å². The molecule has 3 heteroatoms. The fourth-order valence-corrected chi connectivity index (χ4v) is 2.92. The Labute approximate surface area is 78.9 Å². The van der Waals surface area contributed by atoms with E-state index in [1.165, 1.54) is 0 Å². The molecule has 0 spiro atoms. The average molecular weight is 184 g/mol. The molecule has 2 rings (SSSR count). The van der Waals surface area contributed by atoms with Crippen molar-refractivity contribution in [1.82, 2.24) is 0 Å². The van der Waals surface area contributed by atoms with Gasteiger partial charge in [0.25, 0.3) is 0 Å². The van der Waals surface area contributed by atoms with E-state index in [1.807, 2.05) is 0 Å². The number of hydrogen-bond acceptors (Lipinski definition) is 2. The Morgan fingerprint density at radius 1 is 1.62 bits per heavy atom. The van der Waals surface area contributed by atoms with Crippen molar-refractivity contribution in [3.8, 4) is 0 Å². The molecule has 2 aliphatic heterocycles. The van der Waals surface area contributed by atoms with Crippen LogP contribution in [-0.2, 0) is 0 Å².